The zero-order valence-corrected chi connectivity index (χ0v) is 13.9. The van der Waals surface area contributed by atoms with Crippen LogP contribution in [0.3, 0.4) is 0 Å². The number of hydrogen-bond donors (Lipinski definition) is 1. The maximum Gasteiger partial charge on any atom is 0.257 e. The summed E-state index contributed by atoms with van der Waals surface area (Å²) in [4.78, 5) is 41.6. The lowest BCUT2D eigenvalue weighted by atomic mass is 10.2. The van der Waals surface area contributed by atoms with Crippen LogP contribution in [0, 0.1) is 6.92 Å². The highest BCUT2D eigenvalue weighted by Crippen LogP contribution is 2.37. The molecule has 0 aromatic carbocycles. The molecular weight excluding hydrogens is 322 g/mol. The molecule has 1 saturated heterocycles. The van der Waals surface area contributed by atoms with E-state index in [1.807, 2.05) is 0 Å². The lowest BCUT2D eigenvalue weighted by Crippen LogP contribution is -2.43. The Kier molecular flexibility index (Phi) is 4.04. The molecule has 8 nitrogen and oxygen atoms in total. The number of aromatic amines is 1. The molecule has 1 N–H and O–H groups in total. The van der Waals surface area contributed by atoms with E-state index in [1.165, 1.54) is 6.07 Å². The van der Waals surface area contributed by atoms with Crippen LogP contribution >= 0.6 is 0 Å². The van der Waals surface area contributed by atoms with E-state index in [9.17, 15) is 9.59 Å². The molecule has 8 heteroatoms. The third-order valence-corrected chi connectivity index (χ3v) is 4.41. The van der Waals surface area contributed by atoms with E-state index >= 15 is 0 Å². The van der Waals surface area contributed by atoms with Crippen molar-refractivity contribution in [3.8, 4) is 0 Å². The molecule has 1 unspecified atom stereocenters. The first-order valence-electron chi connectivity index (χ1n) is 8.41. The second kappa shape index (κ2) is 6.36. The zero-order valence-electron chi connectivity index (χ0n) is 13.9. The first-order valence-corrected chi connectivity index (χ1v) is 8.41. The Morgan fingerprint density at radius 3 is 2.76 bits per heavy atom. The summed E-state index contributed by atoms with van der Waals surface area (Å²) in [5.74, 6) is 1.59. The summed E-state index contributed by atoms with van der Waals surface area (Å²) in [5.41, 5.74) is 0.865. The van der Waals surface area contributed by atoms with Crippen LogP contribution in [0.15, 0.2) is 23.3 Å². The average Bonchev–Trinajstić information content (AvgIpc) is 3.46. The van der Waals surface area contributed by atoms with Gasteiger partial charge in [-0.25, -0.2) is 15.0 Å². The molecule has 1 aliphatic heterocycles. The lowest BCUT2D eigenvalue weighted by molar-refractivity contribution is -0.0270. The molecule has 1 saturated carbocycles. The van der Waals surface area contributed by atoms with Crippen molar-refractivity contribution < 1.29 is 9.53 Å². The van der Waals surface area contributed by atoms with Crippen LogP contribution in [0.2, 0.25) is 0 Å². The van der Waals surface area contributed by atoms with Crippen molar-refractivity contribution in [1.82, 2.24) is 24.8 Å². The highest BCUT2D eigenvalue weighted by atomic mass is 16.5. The predicted octanol–water partition coefficient (Wildman–Crippen LogP) is 0.959. The SMILES string of the molecule is Cc1cc(=O)[nH]c(C2CN(C(=O)c3cnc(C4CC4)nc3)CCO2)n1. The highest BCUT2D eigenvalue weighted by Gasteiger charge is 2.29. The Balaban J connectivity index is 1.49. The predicted molar refractivity (Wildman–Crippen MR) is 88.2 cm³/mol. The Morgan fingerprint density at radius 1 is 1.32 bits per heavy atom. The van der Waals surface area contributed by atoms with E-state index in [2.05, 4.69) is 19.9 Å². The van der Waals surface area contributed by atoms with Gasteiger partial charge in [-0.3, -0.25) is 9.59 Å². The zero-order chi connectivity index (χ0) is 17.4. The summed E-state index contributed by atoms with van der Waals surface area (Å²) in [5, 5.41) is 0. The fourth-order valence-corrected chi connectivity index (χ4v) is 2.94. The summed E-state index contributed by atoms with van der Waals surface area (Å²) in [7, 11) is 0. The Morgan fingerprint density at radius 2 is 2.08 bits per heavy atom. The Bertz CT molecular complexity index is 844. The van der Waals surface area contributed by atoms with Gasteiger partial charge in [-0.15, -0.1) is 0 Å². The van der Waals surface area contributed by atoms with Crippen molar-refractivity contribution in [1.29, 1.82) is 0 Å². The molecule has 0 radical (unpaired) electrons. The fraction of sp³-hybridized carbons (Fsp3) is 0.471. The van der Waals surface area contributed by atoms with Gasteiger partial charge in [-0.1, -0.05) is 0 Å². The van der Waals surface area contributed by atoms with Crippen LogP contribution in [0.1, 0.15) is 52.6 Å². The summed E-state index contributed by atoms with van der Waals surface area (Å²) in [6.07, 6.45) is 5.00. The van der Waals surface area contributed by atoms with Crippen LogP contribution in [0.4, 0.5) is 0 Å². The molecule has 0 spiro atoms. The van der Waals surface area contributed by atoms with Crippen molar-refractivity contribution in [3.05, 3.63) is 51.7 Å². The minimum atomic E-state index is -0.447. The molecule has 1 aliphatic carbocycles. The third-order valence-electron chi connectivity index (χ3n) is 4.41. The van der Waals surface area contributed by atoms with Crippen LogP contribution in [0.5, 0.6) is 0 Å². The molecule has 3 heterocycles. The lowest BCUT2D eigenvalue weighted by Gasteiger charge is -2.32. The number of nitrogens with zero attached hydrogens (tertiary/aromatic N) is 4. The monoisotopic (exact) mass is 341 g/mol. The number of ether oxygens (including phenoxy) is 1. The number of hydrogen-bond acceptors (Lipinski definition) is 6. The number of aromatic nitrogens is 4. The van der Waals surface area contributed by atoms with Gasteiger partial charge in [0.15, 0.2) is 0 Å². The molecule has 2 aromatic heterocycles. The second-order valence-corrected chi connectivity index (χ2v) is 6.49. The number of morpholine rings is 1. The molecule has 0 bridgehead atoms. The summed E-state index contributed by atoms with van der Waals surface area (Å²) >= 11 is 0. The number of nitrogens with one attached hydrogen (secondary N) is 1. The molecule has 2 aliphatic rings. The first-order chi connectivity index (χ1) is 12.1. The number of carbonyl (C=O) groups is 1. The number of aryl methyl sites for hydroxylation is 1. The maximum atomic E-state index is 12.7. The quantitative estimate of drug-likeness (QED) is 0.892. The van der Waals surface area contributed by atoms with E-state index < -0.39 is 6.10 Å². The van der Waals surface area contributed by atoms with Gasteiger partial charge in [0.05, 0.1) is 18.7 Å². The standard InChI is InChI=1S/C17H19N5O3/c1-10-6-14(23)21-16(20-10)13-9-22(4-5-25-13)17(24)12-7-18-15(19-8-12)11-2-3-11/h6-8,11,13H,2-5,9H2,1H3,(H,20,21,23). The molecular formula is C17H19N5O3. The summed E-state index contributed by atoms with van der Waals surface area (Å²) in [6.45, 7) is 2.95. The first kappa shape index (κ1) is 15.9. The Hall–Kier alpha value is -2.61. The van der Waals surface area contributed by atoms with Crippen molar-refractivity contribution in [3.63, 3.8) is 0 Å². The smallest absolute Gasteiger partial charge is 0.257 e. The molecule has 25 heavy (non-hydrogen) atoms. The van der Waals surface area contributed by atoms with Gasteiger partial charge in [-0.2, -0.15) is 0 Å². The van der Waals surface area contributed by atoms with E-state index in [4.69, 9.17) is 4.74 Å². The van der Waals surface area contributed by atoms with E-state index in [1.54, 1.807) is 24.2 Å². The van der Waals surface area contributed by atoms with E-state index in [0.717, 1.165) is 18.7 Å². The van der Waals surface area contributed by atoms with Crippen LogP contribution in [-0.4, -0.2) is 50.4 Å². The van der Waals surface area contributed by atoms with Gasteiger partial charge in [0.25, 0.3) is 11.5 Å². The number of carbonyl (C=O) groups excluding carboxylic acids is 1. The maximum absolute atomic E-state index is 12.7. The van der Waals surface area contributed by atoms with Crippen molar-refractivity contribution in [2.45, 2.75) is 31.8 Å². The normalized spacial score (nSPS) is 20.5. The number of amides is 1. The molecule has 1 atom stereocenters. The van der Waals surface area contributed by atoms with Gasteiger partial charge in [0, 0.05) is 36.6 Å². The topological polar surface area (TPSA) is 101 Å². The van der Waals surface area contributed by atoms with Gasteiger partial charge in [0.2, 0.25) is 0 Å². The molecule has 130 valence electrons. The molecule has 2 fully saturated rings. The van der Waals surface area contributed by atoms with Gasteiger partial charge >= 0.3 is 0 Å². The highest BCUT2D eigenvalue weighted by molar-refractivity contribution is 5.93. The second-order valence-electron chi connectivity index (χ2n) is 6.49. The van der Waals surface area contributed by atoms with Crippen molar-refractivity contribution in [2.24, 2.45) is 0 Å². The van der Waals surface area contributed by atoms with E-state index in [0.29, 0.717) is 42.7 Å². The molecule has 4 rings (SSSR count). The van der Waals surface area contributed by atoms with Gasteiger partial charge in [-0.05, 0) is 19.8 Å². The number of rotatable bonds is 3. The van der Waals surface area contributed by atoms with Crippen LogP contribution in [-0.2, 0) is 4.74 Å². The van der Waals surface area contributed by atoms with Gasteiger partial charge < -0.3 is 14.6 Å². The van der Waals surface area contributed by atoms with Gasteiger partial charge in [0.1, 0.15) is 17.8 Å². The number of H-pyrrole nitrogens is 1. The minimum absolute atomic E-state index is 0.134. The molecule has 2 aromatic rings. The fourth-order valence-electron chi connectivity index (χ4n) is 2.94. The minimum Gasteiger partial charge on any atom is -0.367 e. The van der Waals surface area contributed by atoms with Crippen LogP contribution in [0.25, 0.3) is 0 Å². The molecule has 1 amide bonds. The third kappa shape index (κ3) is 3.43. The van der Waals surface area contributed by atoms with Crippen LogP contribution < -0.4 is 5.56 Å². The van der Waals surface area contributed by atoms with Crippen molar-refractivity contribution >= 4 is 5.91 Å². The average molecular weight is 341 g/mol. The van der Waals surface area contributed by atoms with Crippen molar-refractivity contribution in [2.75, 3.05) is 19.7 Å². The Labute approximate surface area is 144 Å². The summed E-state index contributed by atoms with van der Waals surface area (Å²) < 4.78 is 5.69. The van der Waals surface area contributed by atoms with E-state index in [-0.39, 0.29) is 11.5 Å². The largest absolute Gasteiger partial charge is 0.367 e. The summed E-state index contributed by atoms with van der Waals surface area (Å²) in [6, 6.07) is 1.42.